The SMILES string of the molecule is CC(C)(C)CC#Cc1cncc2cc(C=O)oc12. The lowest BCUT2D eigenvalue weighted by Crippen LogP contribution is -2.02. The van der Waals surface area contributed by atoms with Gasteiger partial charge in [-0.15, -0.1) is 0 Å². The summed E-state index contributed by atoms with van der Waals surface area (Å²) >= 11 is 0. The quantitative estimate of drug-likeness (QED) is 0.567. The number of nitrogens with zero attached hydrogens (tertiary/aromatic N) is 1. The first-order valence-corrected chi connectivity index (χ1v) is 5.81. The van der Waals surface area contributed by atoms with Gasteiger partial charge in [0.25, 0.3) is 0 Å². The van der Waals surface area contributed by atoms with Crippen LogP contribution in [-0.4, -0.2) is 11.3 Å². The van der Waals surface area contributed by atoms with Crippen molar-refractivity contribution in [2.75, 3.05) is 0 Å². The Balaban J connectivity index is 2.39. The van der Waals surface area contributed by atoms with E-state index in [-0.39, 0.29) is 5.41 Å². The minimum atomic E-state index is 0.172. The highest BCUT2D eigenvalue weighted by Gasteiger charge is 2.08. The van der Waals surface area contributed by atoms with E-state index in [0.717, 1.165) is 17.4 Å². The number of hydrogen-bond acceptors (Lipinski definition) is 3. The zero-order valence-corrected chi connectivity index (χ0v) is 10.8. The first-order valence-electron chi connectivity index (χ1n) is 5.81. The predicted octanol–water partition coefficient (Wildman–Crippen LogP) is 3.43. The van der Waals surface area contributed by atoms with Gasteiger partial charge in [-0.1, -0.05) is 32.6 Å². The van der Waals surface area contributed by atoms with Gasteiger partial charge in [0.05, 0.1) is 5.56 Å². The largest absolute Gasteiger partial charge is 0.452 e. The van der Waals surface area contributed by atoms with Crippen molar-refractivity contribution in [2.24, 2.45) is 5.41 Å². The Kier molecular flexibility index (Phi) is 3.20. The minimum absolute atomic E-state index is 0.172. The van der Waals surface area contributed by atoms with E-state index in [1.807, 2.05) is 0 Å². The lowest BCUT2D eigenvalue weighted by atomic mass is 9.93. The van der Waals surface area contributed by atoms with Crippen molar-refractivity contribution in [3.63, 3.8) is 0 Å². The third-order valence-corrected chi connectivity index (χ3v) is 2.40. The molecular weight excluding hydrogens is 226 g/mol. The summed E-state index contributed by atoms with van der Waals surface area (Å²) < 4.78 is 5.42. The monoisotopic (exact) mass is 241 g/mol. The molecule has 0 aromatic carbocycles. The van der Waals surface area contributed by atoms with Crippen molar-refractivity contribution in [1.29, 1.82) is 0 Å². The fourth-order valence-corrected chi connectivity index (χ4v) is 1.53. The van der Waals surface area contributed by atoms with E-state index in [4.69, 9.17) is 4.42 Å². The second-order valence-corrected chi connectivity index (χ2v) is 5.41. The summed E-state index contributed by atoms with van der Waals surface area (Å²) in [7, 11) is 0. The Morgan fingerprint density at radius 3 is 2.83 bits per heavy atom. The Hall–Kier alpha value is -2.08. The minimum Gasteiger partial charge on any atom is -0.452 e. The van der Waals surface area contributed by atoms with Gasteiger partial charge in [0.1, 0.15) is 0 Å². The van der Waals surface area contributed by atoms with Crippen LogP contribution < -0.4 is 0 Å². The second kappa shape index (κ2) is 4.66. The molecule has 18 heavy (non-hydrogen) atoms. The van der Waals surface area contributed by atoms with Gasteiger partial charge in [0.2, 0.25) is 0 Å². The van der Waals surface area contributed by atoms with E-state index >= 15 is 0 Å². The van der Waals surface area contributed by atoms with Gasteiger partial charge in [-0.05, 0) is 11.5 Å². The molecule has 0 aliphatic rings. The van der Waals surface area contributed by atoms with Crippen LogP contribution in [0.3, 0.4) is 0 Å². The summed E-state index contributed by atoms with van der Waals surface area (Å²) in [6.07, 6.45) is 4.81. The molecule has 0 saturated heterocycles. The van der Waals surface area contributed by atoms with Crippen LogP contribution in [0.4, 0.5) is 0 Å². The van der Waals surface area contributed by atoms with Crippen molar-refractivity contribution < 1.29 is 9.21 Å². The zero-order valence-electron chi connectivity index (χ0n) is 10.8. The molecule has 0 spiro atoms. The average molecular weight is 241 g/mol. The number of carbonyl (C=O) groups is 1. The molecular formula is C15H15NO2. The van der Waals surface area contributed by atoms with Gasteiger partial charge >= 0.3 is 0 Å². The highest BCUT2D eigenvalue weighted by atomic mass is 16.3. The molecule has 0 atom stereocenters. The molecule has 3 heteroatoms. The fraction of sp³-hybridized carbons (Fsp3) is 0.333. The summed E-state index contributed by atoms with van der Waals surface area (Å²) in [5, 5.41) is 0.805. The predicted molar refractivity (Wildman–Crippen MR) is 70.3 cm³/mol. The molecule has 2 aromatic rings. The Morgan fingerprint density at radius 2 is 2.17 bits per heavy atom. The lowest BCUT2D eigenvalue weighted by Gasteiger charge is -2.12. The molecule has 92 valence electrons. The van der Waals surface area contributed by atoms with Gasteiger partial charge in [-0.2, -0.15) is 0 Å². The maximum atomic E-state index is 10.7. The molecule has 0 aliphatic heterocycles. The molecule has 2 rings (SSSR count). The maximum absolute atomic E-state index is 10.7. The first-order chi connectivity index (χ1) is 8.49. The summed E-state index contributed by atoms with van der Waals surface area (Å²) in [6, 6.07) is 1.67. The molecule has 0 fully saturated rings. The van der Waals surface area contributed by atoms with Crippen LogP contribution in [0, 0.1) is 17.3 Å². The number of pyridine rings is 1. The van der Waals surface area contributed by atoms with Crippen LogP contribution in [0.5, 0.6) is 0 Å². The maximum Gasteiger partial charge on any atom is 0.185 e. The summed E-state index contributed by atoms with van der Waals surface area (Å²) in [5.74, 6) is 6.48. The van der Waals surface area contributed by atoms with Gasteiger partial charge < -0.3 is 4.42 Å². The van der Waals surface area contributed by atoms with Crippen LogP contribution in [0.2, 0.25) is 0 Å². The van der Waals surface area contributed by atoms with Crippen LogP contribution in [0.1, 0.15) is 43.3 Å². The van der Waals surface area contributed by atoms with Crippen LogP contribution in [-0.2, 0) is 0 Å². The summed E-state index contributed by atoms with van der Waals surface area (Å²) in [6.45, 7) is 6.41. The van der Waals surface area contributed by atoms with E-state index < -0.39 is 0 Å². The van der Waals surface area contributed by atoms with Crippen molar-refractivity contribution in [3.05, 3.63) is 29.8 Å². The van der Waals surface area contributed by atoms with Crippen molar-refractivity contribution in [1.82, 2.24) is 4.98 Å². The fourth-order valence-electron chi connectivity index (χ4n) is 1.53. The van der Waals surface area contributed by atoms with E-state index in [0.29, 0.717) is 17.6 Å². The average Bonchev–Trinajstić information content (AvgIpc) is 2.71. The van der Waals surface area contributed by atoms with Gasteiger partial charge in [-0.25, -0.2) is 0 Å². The summed E-state index contributed by atoms with van der Waals surface area (Å²) in [4.78, 5) is 14.8. The third kappa shape index (κ3) is 2.78. The zero-order chi connectivity index (χ0) is 13.2. The number of rotatable bonds is 1. The van der Waals surface area contributed by atoms with E-state index in [1.54, 1.807) is 18.5 Å². The number of carbonyl (C=O) groups excluding carboxylic acids is 1. The molecule has 0 N–H and O–H groups in total. The topological polar surface area (TPSA) is 43.1 Å². The van der Waals surface area contributed by atoms with Crippen molar-refractivity contribution >= 4 is 17.3 Å². The highest BCUT2D eigenvalue weighted by molar-refractivity contribution is 5.87. The third-order valence-electron chi connectivity index (χ3n) is 2.40. The number of fused-ring (bicyclic) bond motifs is 1. The molecule has 0 amide bonds. The van der Waals surface area contributed by atoms with E-state index in [1.165, 1.54) is 0 Å². The molecule has 0 unspecified atom stereocenters. The normalized spacial score (nSPS) is 11.1. The molecule has 0 aliphatic carbocycles. The standard InChI is InChI=1S/C15H15NO2/c1-15(2,3)6-4-5-11-8-16-9-12-7-13(10-17)18-14(11)12/h7-10H,6H2,1-3H3. The molecule has 3 nitrogen and oxygen atoms in total. The smallest absolute Gasteiger partial charge is 0.185 e. The lowest BCUT2D eigenvalue weighted by molar-refractivity contribution is 0.110. The number of furan rings is 1. The van der Waals surface area contributed by atoms with Crippen molar-refractivity contribution in [2.45, 2.75) is 27.2 Å². The van der Waals surface area contributed by atoms with Crippen molar-refractivity contribution in [3.8, 4) is 11.8 Å². The Bertz CT molecular complexity index is 636. The van der Waals surface area contributed by atoms with Gasteiger partial charge in [0.15, 0.2) is 17.6 Å². The number of hydrogen-bond donors (Lipinski definition) is 0. The molecule has 0 saturated carbocycles. The molecule has 0 radical (unpaired) electrons. The summed E-state index contributed by atoms with van der Waals surface area (Å²) in [5.41, 5.74) is 1.53. The van der Waals surface area contributed by atoms with Crippen LogP contribution >= 0.6 is 0 Å². The van der Waals surface area contributed by atoms with Crippen LogP contribution in [0.25, 0.3) is 11.0 Å². The number of aromatic nitrogens is 1. The molecule has 2 heterocycles. The number of aldehydes is 1. The molecule has 2 aromatic heterocycles. The van der Waals surface area contributed by atoms with Gasteiger partial charge in [0, 0.05) is 24.2 Å². The van der Waals surface area contributed by atoms with Crippen LogP contribution in [0.15, 0.2) is 22.9 Å². The van der Waals surface area contributed by atoms with E-state index in [2.05, 4.69) is 37.6 Å². The second-order valence-electron chi connectivity index (χ2n) is 5.41. The Labute approximate surface area is 106 Å². The van der Waals surface area contributed by atoms with E-state index in [9.17, 15) is 4.79 Å². The molecule has 0 bridgehead atoms. The first kappa shape index (κ1) is 12.4. The van der Waals surface area contributed by atoms with Gasteiger partial charge in [-0.3, -0.25) is 9.78 Å². The Morgan fingerprint density at radius 1 is 1.39 bits per heavy atom. The highest BCUT2D eigenvalue weighted by Crippen LogP contribution is 2.21.